The molecule has 0 bridgehead atoms. The highest BCUT2D eigenvalue weighted by Crippen LogP contribution is 2.31. The van der Waals surface area contributed by atoms with Crippen LogP contribution in [0.3, 0.4) is 0 Å². The third-order valence-corrected chi connectivity index (χ3v) is 6.03. The molecule has 2 amide bonds. The number of esters is 1. The SMILES string of the molecule is C[C@H](NCC(=O)OCc1ccccc1)C(=O)N(C)C1=NC(=O)[C@H]([C@H](C)c2c[nH]c3ccccc23)O1. The van der Waals surface area contributed by atoms with Gasteiger partial charge in [0.05, 0.1) is 12.6 Å². The van der Waals surface area contributed by atoms with E-state index in [4.69, 9.17) is 9.47 Å². The van der Waals surface area contributed by atoms with E-state index in [1.165, 1.54) is 11.9 Å². The molecule has 1 aliphatic heterocycles. The van der Waals surface area contributed by atoms with E-state index >= 15 is 0 Å². The Labute approximate surface area is 203 Å². The van der Waals surface area contributed by atoms with Crippen LogP contribution in [0, 0.1) is 0 Å². The summed E-state index contributed by atoms with van der Waals surface area (Å²) in [7, 11) is 1.49. The van der Waals surface area contributed by atoms with Gasteiger partial charge in [-0.3, -0.25) is 24.6 Å². The van der Waals surface area contributed by atoms with Crippen molar-refractivity contribution in [1.29, 1.82) is 0 Å². The zero-order valence-electron chi connectivity index (χ0n) is 19.9. The fourth-order valence-electron chi connectivity index (χ4n) is 3.95. The van der Waals surface area contributed by atoms with Crippen LogP contribution in [-0.2, 0) is 30.5 Å². The Morgan fingerprint density at radius 2 is 1.86 bits per heavy atom. The van der Waals surface area contributed by atoms with Crippen molar-refractivity contribution in [2.75, 3.05) is 13.6 Å². The summed E-state index contributed by atoms with van der Waals surface area (Å²) in [5, 5.41) is 3.85. The van der Waals surface area contributed by atoms with Crippen LogP contribution in [0.1, 0.15) is 30.9 Å². The molecular weight excluding hydrogens is 448 g/mol. The van der Waals surface area contributed by atoms with Crippen LogP contribution < -0.4 is 5.32 Å². The highest BCUT2D eigenvalue weighted by Gasteiger charge is 2.38. The molecule has 0 saturated carbocycles. The molecule has 9 heteroatoms. The third kappa shape index (κ3) is 5.41. The Bertz CT molecular complexity index is 1250. The predicted octanol–water partition coefficient (Wildman–Crippen LogP) is 2.73. The maximum atomic E-state index is 12.8. The lowest BCUT2D eigenvalue weighted by Crippen LogP contribution is -2.47. The Balaban J connectivity index is 1.30. The number of fused-ring (bicyclic) bond motifs is 1. The van der Waals surface area contributed by atoms with Gasteiger partial charge in [-0.25, -0.2) is 0 Å². The number of carbonyl (C=O) groups is 3. The fraction of sp³-hybridized carbons (Fsp3) is 0.308. The van der Waals surface area contributed by atoms with Gasteiger partial charge < -0.3 is 14.5 Å². The van der Waals surface area contributed by atoms with Crippen molar-refractivity contribution in [3.8, 4) is 0 Å². The van der Waals surface area contributed by atoms with Gasteiger partial charge in [-0.2, -0.15) is 4.99 Å². The number of ether oxygens (including phenoxy) is 2. The molecule has 182 valence electrons. The summed E-state index contributed by atoms with van der Waals surface area (Å²) in [5.41, 5.74) is 2.78. The number of amides is 2. The number of carbonyl (C=O) groups excluding carboxylic acids is 3. The van der Waals surface area contributed by atoms with E-state index in [1.807, 2.05) is 67.7 Å². The molecule has 1 aromatic heterocycles. The minimum atomic E-state index is -0.837. The van der Waals surface area contributed by atoms with Crippen molar-refractivity contribution in [1.82, 2.24) is 15.2 Å². The number of rotatable bonds is 8. The zero-order valence-corrected chi connectivity index (χ0v) is 19.9. The molecule has 2 N–H and O–H groups in total. The molecule has 1 aliphatic rings. The van der Waals surface area contributed by atoms with E-state index in [2.05, 4.69) is 15.3 Å². The molecule has 0 saturated heterocycles. The molecule has 2 aromatic carbocycles. The standard InChI is InChI=1S/C26H28N4O5/c1-16(20-13-28-21-12-8-7-11-19(20)21)23-24(32)29-26(35-23)30(3)25(33)17(2)27-14-22(31)34-15-18-9-5-4-6-10-18/h4-13,16-17,23,27-28H,14-15H2,1-3H3/t16-,17+,23+/m1/s1. The smallest absolute Gasteiger partial charge is 0.320 e. The van der Waals surface area contributed by atoms with Gasteiger partial charge in [0.2, 0.25) is 5.91 Å². The van der Waals surface area contributed by atoms with Gasteiger partial charge in [0.15, 0.2) is 6.10 Å². The summed E-state index contributed by atoms with van der Waals surface area (Å²) in [6, 6.07) is 16.4. The number of aromatic nitrogens is 1. The van der Waals surface area contributed by atoms with Crippen molar-refractivity contribution in [2.24, 2.45) is 4.99 Å². The molecule has 4 rings (SSSR count). The second-order valence-electron chi connectivity index (χ2n) is 8.50. The number of nitrogens with one attached hydrogen (secondary N) is 2. The first-order valence-electron chi connectivity index (χ1n) is 11.4. The fourth-order valence-corrected chi connectivity index (χ4v) is 3.95. The monoisotopic (exact) mass is 476 g/mol. The number of benzene rings is 2. The molecule has 35 heavy (non-hydrogen) atoms. The highest BCUT2D eigenvalue weighted by molar-refractivity contribution is 6.05. The minimum absolute atomic E-state index is 0.0583. The number of hydrogen-bond acceptors (Lipinski definition) is 6. The lowest BCUT2D eigenvalue weighted by Gasteiger charge is -2.23. The molecular formula is C26H28N4O5. The number of para-hydroxylation sites is 1. The number of likely N-dealkylation sites (N-methyl/N-ethyl adjacent to an activating group) is 1. The number of amidine groups is 1. The van der Waals surface area contributed by atoms with Crippen LogP contribution in [-0.4, -0.2) is 59.4 Å². The van der Waals surface area contributed by atoms with Crippen LogP contribution in [0.2, 0.25) is 0 Å². The average molecular weight is 477 g/mol. The van der Waals surface area contributed by atoms with Crippen molar-refractivity contribution >= 4 is 34.7 Å². The zero-order chi connectivity index (χ0) is 24.9. The summed E-state index contributed by atoms with van der Waals surface area (Å²) in [6.45, 7) is 3.53. The summed E-state index contributed by atoms with van der Waals surface area (Å²) in [6.07, 6.45) is 1.03. The van der Waals surface area contributed by atoms with Crippen molar-refractivity contribution in [2.45, 2.75) is 38.5 Å². The van der Waals surface area contributed by atoms with Crippen molar-refractivity contribution < 1.29 is 23.9 Å². The first-order chi connectivity index (χ1) is 16.8. The number of nitrogens with zero attached hydrogens (tertiary/aromatic N) is 2. The van der Waals surface area contributed by atoms with E-state index in [0.29, 0.717) is 0 Å². The van der Waals surface area contributed by atoms with Crippen LogP contribution in [0.25, 0.3) is 10.9 Å². The molecule has 3 atom stereocenters. The van der Waals surface area contributed by atoms with Gasteiger partial charge in [0.1, 0.15) is 6.61 Å². The molecule has 0 unspecified atom stereocenters. The maximum absolute atomic E-state index is 12.8. The predicted molar refractivity (Wildman–Crippen MR) is 131 cm³/mol. The quantitative estimate of drug-likeness (QED) is 0.484. The average Bonchev–Trinajstić information content (AvgIpc) is 3.49. The van der Waals surface area contributed by atoms with Crippen LogP contribution in [0.15, 0.2) is 65.8 Å². The van der Waals surface area contributed by atoms with Gasteiger partial charge in [-0.15, -0.1) is 0 Å². The largest absolute Gasteiger partial charge is 0.460 e. The summed E-state index contributed by atoms with van der Waals surface area (Å²) in [4.78, 5) is 45.9. The number of aliphatic imine (C=N–C) groups is 1. The lowest BCUT2D eigenvalue weighted by molar-refractivity contribution is -0.144. The van der Waals surface area contributed by atoms with Crippen LogP contribution in [0.5, 0.6) is 0 Å². The van der Waals surface area contributed by atoms with Crippen LogP contribution in [0.4, 0.5) is 0 Å². The first-order valence-corrected chi connectivity index (χ1v) is 11.4. The van der Waals surface area contributed by atoms with E-state index in [9.17, 15) is 14.4 Å². The van der Waals surface area contributed by atoms with Gasteiger partial charge in [0.25, 0.3) is 5.91 Å². The van der Waals surface area contributed by atoms with Gasteiger partial charge in [0, 0.05) is 30.1 Å². The number of H-pyrrole nitrogens is 1. The second-order valence-corrected chi connectivity index (χ2v) is 8.50. The summed E-state index contributed by atoms with van der Waals surface area (Å²) < 4.78 is 11.0. The van der Waals surface area contributed by atoms with Crippen molar-refractivity contribution in [3.63, 3.8) is 0 Å². The first kappa shape index (κ1) is 24.2. The topological polar surface area (TPSA) is 113 Å². The molecule has 3 aromatic rings. The minimum Gasteiger partial charge on any atom is -0.460 e. The molecule has 2 heterocycles. The number of aromatic amines is 1. The lowest BCUT2D eigenvalue weighted by atomic mass is 9.94. The summed E-state index contributed by atoms with van der Waals surface area (Å²) in [5.74, 6) is -1.60. The Hall–Kier alpha value is -3.98. The van der Waals surface area contributed by atoms with E-state index in [-0.39, 0.29) is 25.1 Å². The second kappa shape index (κ2) is 10.5. The molecule has 0 spiro atoms. The van der Waals surface area contributed by atoms with Gasteiger partial charge in [-0.1, -0.05) is 55.5 Å². The molecule has 9 nitrogen and oxygen atoms in total. The maximum Gasteiger partial charge on any atom is 0.320 e. The van der Waals surface area contributed by atoms with Crippen molar-refractivity contribution in [3.05, 3.63) is 71.9 Å². The Kier molecular flexibility index (Phi) is 7.26. The number of hydrogen-bond donors (Lipinski definition) is 2. The summed E-state index contributed by atoms with van der Waals surface area (Å²) >= 11 is 0. The van der Waals surface area contributed by atoms with Crippen LogP contribution >= 0.6 is 0 Å². The Morgan fingerprint density at radius 3 is 2.63 bits per heavy atom. The highest BCUT2D eigenvalue weighted by atomic mass is 16.5. The van der Waals surface area contributed by atoms with E-state index in [1.54, 1.807) is 6.92 Å². The van der Waals surface area contributed by atoms with Gasteiger partial charge >= 0.3 is 12.0 Å². The molecule has 0 radical (unpaired) electrons. The third-order valence-electron chi connectivity index (χ3n) is 6.03. The Morgan fingerprint density at radius 1 is 1.14 bits per heavy atom. The van der Waals surface area contributed by atoms with E-state index in [0.717, 1.165) is 22.0 Å². The molecule has 0 fully saturated rings. The molecule has 0 aliphatic carbocycles. The normalized spacial score (nSPS) is 16.9. The van der Waals surface area contributed by atoms with E-state index < -0.39 is 29.9 Å². The van der Waals surface area contributed by atoms with Gasteiger partial charge in [-0.05, 0) is 24.1 Å².